The van der Waals surface area contributed by atoms with Gasteiger partial charge in [-0.2, -0.15) is 5.10 Å². The van der Waals surface area contributed by atoms with Gasteiger partial charge in [0.05, 0.1) is 19.9 Å². The zero-order valence-electron chi connectivity index (χ0n) is 12.0. The molecule has 0 aliphatic rings. The maximum absolute atomic E-state index is 12.2. The molecular weight excluding hydrogens is 254 g/mol. The lowest BCUT2D eigenvalue weighted by molar-refractivity contribution is 0.0942. The summed E-state index contributed by atoms with van der Waals surface area (Å²) in [6.45, 7) is 1.06. The third kappa shape index (κ3) is 3.68. The smallest absolute Gasteiger partial charge is 0.176 e. The molecule has 0 saturated heterocycles. The molecule has 0 N–H and O–H groups in total. The number of likely N-dealkylation sites (N-methyl/N-ethyl adjacent to an activating group) is 1. The molecule has 1 heterocycles. The van der Waals surface area contributed by atoms with Crippen molar-refractivity contribution in [1.29, 1.82) is 0 Å². The molecule has 0 amide bonds. The molecule has 1 aromatic carbocycles. The first-order valence-electron chi connectivity index (χ1n) is 6.42. The molecule has 0 aliphatic heterocycles. The summed E-state index contributed by atoms with van der Waals surface area (Å²) in [7, 11) is 5.40. The largest absolute Gasteiger partial charge is 0.497 e. The van der Waals surface area contributed by atoms with E-state index in [1.54, 1.807) is 17.9 Å². The fourth-order valence-electron chi connectivity index (χ4n) is 2.05. The number of carbonyl (C=O) groups excluding carboxylic acids is 1. The quantitative estimate of drug-likeness (QED) is 0.752. The predicted octanol–water partition coefficient (Wildman–Crippen LogP) is 1.74. The molecule has 2 aromatic rings. The van der Waals surface area contributed by atoms with E-state index in [9.17, 15) is 4.79 Å². The number of benzene rings is 1. The zero-order valence-corrected chi connectivity index (χ0v) is 12.0. The van der Waals surface area contributed by atoms with Crippen LogP contribution in [0.15, 0.2) is 36.7 Å². The first kappa shape index (κ1) is 14.3. The number of aryl methyl sites for hydroxylation is 1. The van der Waals surface area contributed by atoms with Crippen molar-refractivity contribution in [1.82, 2.24) is 14.7 Å². The molecule has 5 nitrogen and oxygen atoms in total. The highest BCUT2D eigenvalue weighted by atomic mass is 16.5. The number of hydrogen-bond donors (Lipinski definition) is 0. The minimum atomic E-state index is 0.0790. The minimum Gasteiger partial charge on any atom is -0.497 e. The molecule has 106 valence electrons. The fourth-order valence-corrected chi connectivity index (χ4v) is 2.05. The monoisotopic (exact) mass is 273 g/mol. The van der Waals surface area contributed by atoms with Crippen LogP contribution in [0.3, 0.4) is 0 Å². The molecule has 20 heavy (non-hydrogen) atoms. The Morgan fingerprint density at radius 3 is 2.90 bits per heavy atom. The highest BCUT2D eigenvalue weighted by Crippen LogP contribution is 2.13. The van der Waals surface area contributed by atoms with E-state index in [2.05, 4.69) is 5.10 Å². The van der Waals surface area contributed by atoms with Gasteiger partial charge in [-0.15, -0.1) is 0 Å². The Bertz CT molecular complexity index is 592. The van der Waals surface area contributed by atoms with Crippen LogP contribution >= 0.6 is 0 Å². The van der Waals surface area contributed by atoms with Crippen LogP contribution in [-0.4, -0.2) is 41.2 Å². The van der Waals surface area contributed by atoms with Crippen LogP contribution in [0.4, 0.5) is 0 Å². The van der Waals surface area contributed by atoms with Crippen molar-refractivity contribution in [3.63, 3.8) is 0 Å². The highest BCUT2D eigenvalue weighted by Gasteiger charge is 2.11. The Morgan fingerprint density at radius 2 is 2.25 bits per heavy atom. The zero-order chi connectivity index (χ0) is 14.5. The molecule has 1 aromatic heterocycles. The van der Waals surface area contributed by atoms with E-state index in [1.165, 1.54) is 0 Å². The van der Waals surface area contributed by atoms with Gasteiger partial charge in [0, 0.05) is 30.9 Å². The number of methoxy groups -OCH3 is 1. The summed E-state index contributed by atoms with van der Waals surface area (Å²) in [5.41, 5.74) is 1.76. The van der Waals surface area contributed by atoms with Gasteiger partial charge in [-0.05, 0) is 19.2 Å². The molecule has 0 atom stereocenters. The van der Waals surface area contributed by atoms with E-state index < -0.39 is 0 Å². The van der Waals surface area contributed by atoms with E-state index in [0.29, 0.717) is 24.4 Å². The Kier molecular flexibility index (Phi) is 4.53. The van der Waals surface area contributed by atoms with Crippen LogP contribution < -0.4 is 4.74 Å². The Labute approximate surface area is 118 Å². The van der Waals surface area contributed by atoms with E-state index in [1.807, 2.05) is 49.6 Å². The molecule has 0 unspecified atom stereocenters. The first-order valence-corrected chi connectivity index (χ1v) is 6.42. The normalized spacial score (nSPS) is 10.8. The van der Waals surface area contributed by atoms with Gasteiger partial charge in [0.25, 0.3) is 0 Å². The molecule has 0 radical (unpaired) electrons. The third-order valence-electron chi connectivity index (χ3n) is 3.02. The average Bonchev–Trinajstić information content (AvgIpc) is 2.83. The molecule has 0 aliphatic carbocycles. The van der Waals surface area contributed by atoms with Crippen molar-refractivity contribution in [2.45, 2.75) is 6.54 Å². The second-order valence-corrected chi connectivity index (χ2v) is 4.85. The fraction of sp³-hybridized carbons (Fsp3) is 0.333. The van der Waals surface area contributed by atoms with Crippen molar-refractivity contribution in [2.24, 2.45) is 7.05 Å². The summed E-state index contributed by atoms with van der Waals surface area (Å²) in [5.74, 6) is 0.779. The lowest BCUT2D eigenvalue weighted by Gasteiger charge is -2.14. The van der Waals surface area contributed by atoms with Gasteiger partial charge in [0.15, 0.2) is 5.78 Å². The van der Waals surface area contributed by atoms with E-state index in [-0.39, 0.29) is 5.78 Å². The Balaban J connectivity index is 1.96. The molecule has 5 heteroatoms. The predicted molar refractivity (Wildman–Crippen MR) is 76.9 cm³/mol. The Hall–Kier alpha value is -2.14. The standard InChI is InChI=1S/C15H19N3O2/c1-17(9-12-8-16-18(2)10-12)11-15(19)13-5-4-6-14(7-13)20-3/h4-8,10H,9,11H2,1-3H3. The van der Waals surface area contributed by atoms with Crippen LogP contribution in [-0.2, 0) is 13.6 Å². The second kappa shape index (κ2) is 6.34. The number of rotatable bonds is 6. The van der Waals surface area contributed by atoms with Crippen molar-refractivity contribution in [3.05, 3.63) is 47.8 Å². The van der Waals surface area contributed by atoms with Crippen LogP contribution in [0.2, 0.25) is 0 Å². The number of ether oxygens (including phenoxy) is 1. The number of ketones is 1. The first-order chi connectivity index (χ1) is 9.58. The van der Waals surface area contributed by atoms with Crippen LogP contribution in [0.1, 0.15) is 15.9 Å². The number of hydrogen-bond acceptors (Lipinski definition) is 4. The van der Waals surface area contributed by atoms with Crippen LogP contribution in [0.5, 0.6) is 5.75 Å². The number of nitrogens with zero attached hydrogens (tertiary/aromatic N) is 3. The lowest BCUT2D eigenvalue weighted by atomic mass is 10.1. The summed E-state index contributed by atoms with van der Waals surface area (Å²) in [4.78, 5) is 14.2. The van der Waals surface area contributed by atoms with Gasteiger partial charge in [-0.1, -0.05) is 12.1 Å². The molecule has 0 spiro atoms. The van der Waals surface area contributed by atoms with Crippen molar-refractivity contribution in [3.8, 4) is 5.75 Å². The average molecular weight is 273 g/mol. The van der Waals surface area contributed by atoms with Crippen molar-refractivity contribution in [2.75, 3.05) is 20.7 Å². The van der Waals surface area contributed by atoms with Crippen molar-refractivity contribution < 1.29 is 9.53 Å². The maximum atomic E-state index is 12.2. The van der Waals surface area contributed by atoms with Gasteiger partial charge < -0.3 is 4.74 Å². The van der Waals surface area contributed by atoms with Crippen LogP contribution in [0.25, 0.3) is 0 Å². The van der Waals surface area contributed by atoms with E-state index in [0.717, 1.165) is 5.56 Å². The maximum Gasteiger partial charge on any atom is 0.176 e. The summed E-state index contributed by atoms with van der Waals surface area (Å²) in [6.07, 6.45) is 3.76. The lowest BCUT2D eigenvalue weighted by Crippen LogP contribution is -2.25. The SMILES string of the molecule is COc1cccc(C(=O)CN(C)Cc2cnn(C)c2)c1. The Morgan fingerprint density at radius 1 is 1.45 bits per heavy atom. The van der Waals surface area contributed by atoms with Gasteiger partial charge in [0.2, 0.25) is 0 Å². The van der Waals surface area contributed by atoms with Gasteiger partial charge in [-0.3, -0.25) is 14.4 Å². The van der Waals surface area contributed by atoms with Gasteiger partial charge in [-0.25, -0.2) is 0 Å². The van der Waals surface area contributed by atoms with Crippen molar-refractivity contribution >= 4 is 5.78 Å². The second-order valence-electron chi connectivity index (χ2n) is 4.85. The third-order valence-corrected chi connectivity index (χ3v) is 3.02. The summed E-state index contributed by atoms with van der Waals surface area (Å²) < 4.78 is 6.89. The summed E-state index contributed by atoms with van der Waals surface area (Å²) in [5, 5.41) is 4.12. The van der Waals surface area contributed by atoms with Gasteiger partial charge >= 0.3 is 0 Å². The molecule has 0 bridgehead atoms. The number of aromatic nitrogens is 2. The van der Waals surface area contributed by atoms with Crippen LogP contribution in [0, 0.1) is 0 Å². The number of Topliss-reactive ketones (excluding diaryl/α,β-unsaturated/α-hetero) is 1. The summed E-state index contributed by atoms with van der Waals surface area (Å²) >= 11 is 0. The highest BCUT2D eigenvalue weighted by molar-refractivity contribution is 5.97. The van der Waals surface area contributed by atoms with E-state index >= 15 is 0 Å². The summed E-state index contributed by atoms with van der Waals surface area (Å²) in [6, 6.07) is 7.23. The van der Waals surface area contributed by atoms with E-state index in [4.69, 9.17) is 4.74 Å². The number of carbonyl (C=O) groups is 1. The molecule has 0 fully saturated rings. The minimum absolute atomic E-state index is 0.0790. The molecule has 2 rings (SSSR count). The molecular formula is C15H19N3O2. The molecule has 0 saturated carbocycles. The van der Waals surface area contributed by atoms with Gasteiger partial charge in [0.1, 0.15) is 5.75 Å². The topological polar surface area (TPSA) is 47.4 Å².